The van der Waals surface area contributed by atoms with Crippen LogP contribution in [-0.4, -0.2) is 10.1 Å². The van der Waals surface area contributed by atoms with E-state index >= 15 is 0 Å². The molecule has 96 valence electrons. The highest BCUT2D eigenvalue weighted by atomic mass is 16.3. The van der Waals surface area contributed by atoms with Gasteiger partial charge in [-0.15, -0.1) is 0 Å². The van der Waals surface area contributed by atoms with Crippen LogP contribution in [0.5, 0.6) is 5.75 Å². The van der Waals surface area contributed by atoms with Crippen molar-refractivity contribution in [2.75, 3.05) is 0 Å². The SMILES string of the molecule is Cc1cnc2c(c1)CC/C(=C\c1ccc(O)cc1)C2. The number of hydrogen-bond acceptors (Lipinski definition) is 2. The maximum Gasteiger partial charge on any atom is 0.115 e. The Morgan fingerprint density at radius 3 is 2.74 bits per heavy atom. The van der Waals surface area contributed by atoms with Gasteiger partial charge in [0.05, 0.1) is 0 Å². The summed E-state index contributed by atoms with van der Waals surface area (Å²) in [7, 11) is 0. The smallest absolute Gasteiger partial charge is 0.115 e. The number of phenols is 1. The van der Waals surface area contributed by atoms with E-state index in [1.165, 1.54) is 22.4 Å². The van der Waals surface area contributed by atoms with Crippen molar-refractivity contribution in [3.05, 3.63) is 64.5 Å². The van der Waals surface area contributed by atoms with Gasteiger partial charge in [0.2, 0.25) is 0 Å². The summed E-state index contributed by atoms with van der Waals surface area (Å²) >= 11 is 0. The summed E-state index contributed by atoms with van der Waals surface area (Å²) in [6.45, 7) is 2.09. The van der Waals surface area contributed by atoms with E-state index in [9.17, 15) is 5.11 Å². The zero-order chi connectivity index (χ0) is 13.2. The first-order valence-electron chi connectivity index (χ1n) is 6.63. The third kappa shape index (κ3) is 2.68. The molecule has 19 heavy (non-hydrogen) atoms. The summed E-state index contributed by atoms with van der Waals surface area (Å²) in [6, 6.07) is 9.59. The van der Waals surface area contributed by atoms with Crippen molar-refractivity contribution < 1.29 is 5.11 Å². The van der Waals surface area contributed by atoms with Crippen molar-refractivity contribution in [1.29, 1.82) is 0 Å². The Morgan fingerprint density at radius 1 is 1.16 bits per heavy atom. The Kier molecular flexibility index (Phi) is 3.08. The fraction of sp³-hybridized carbons (Fsp3) is 0.235. The average Bonchev–Trinajstić information content (AvgIpc) is 2.42. The molecule has 0 aliphatic heterocycles. The van der Waals surface area contributed by atoms with Gasteiger partial charge >= 0.3 is 0 Å². The number of benzene rings is 1. The second kappa shape index (κ2) is 4.88. The van der Waals surface area contributed by atoms with Crippen molar-refractivity contribution in [3.8, 4) is 5.75 Å². The molecule has 1 heterocycles. The summed E-state index contributed by atoms with van der Waals surface area (Å²) in [6.07, 6.45) is 7.27. The molecule has 2 nitrogen and oxygen atoms in total. The highest BCUT2D eigenvalue weighted by Gasteiger charge is 2.14. The van der Waals surface area contributed by atoms with Crippen molar-refractivity contribution in [1.82, 2.24) is 4.98 Å². The van der Waals surface area contributed by atoms with Crippen LogP contribution in [0.1, 0.15) is 28.8 Å². The Bertz CT molecular complexity index is 626. The molecule has 3 rings (SSSR count). The Balaban J connectivity index is 1.85. The molecular formula is C17H17NO. The summed E-state index contributed by atoms with van der Waals surface area (Å²) in [5, 5.41) is 9.29. The van der Waals surface area contributed by atoms with Gasteiger partial charge in [0.1, 0.15) is 5.75 Å². The van der Waals surface area contributed by atoms with E-state index < -0.39 is 0 Å². The highest BCUT2D eigenvalue weighted by Crippen LogP contribution is 2.26. The summed E-state index contributed by atoms with van der Waals surface area (Å²) in [4.78, 5) is 4.54. The molecule has 0 amide bonds. The van der Waals surface area contributed by atoms with Crippen LogP contribution < -0.4 is 0 Å². The number of fused-ring (bicyclic) bond motifs is 1. The van der Waals surface area contributed by atoms with Crippen molar-refractivity contribution in [2.24, 2.45) is 0 Å². The van der Waals surface area contributed by atoms with E-state index in [1.54, 1.807) is 12.1 Å². The maximum absolute atomic E-state index is 9.29. The largest absolute Gasteiger partial charge is 0.508 e. The number of aromatic hydroxyl groups is 1. The quantitative estimate of drug-likeness (QED) is 0.839. The average molecular weight is 251 g/mol. The van der Waals surface area contributed by atoms with Crippen molar-refractivity contribution in [2.45, 2.75) is 26.2 Å². The fourth-order valence-corrected chi connectivity index (χ4v) is 2.56. The first-order valence-corrected chi connectivity index (χ1v) is 6.63. The van der Waals surface area contributed by atoms with Gasteiger partial charge in [0.15, 0.2) is 0 Å². The van der Waals surface area contributed by atoms with Crippen LogP contribution in [0.15, 0.2) is 42.1 Å². The minimum atomic E-state index is 0.313. The molecule has 0 saturated carbocycles. The number of rotatable bonds is 1. The molecule has 0 spiro atoms. The molecule has 0 fully saturated rings. The lowest BCUT2D eigenvalue weighted by atomic mass is 9.90. The van der Waals surface area contributed by atoms with E-state index in [2.05, 4.69) is 24.1 Å². The maximum atomic E-state index is 9.29. The van der Waals surface area contributed by atoms with E-state index in [0.717, 1.165) is 24.8 Å². The number of pyridine rings is 1. The molecule has 1 aliphatic rings. The summed E-state index contributed by atoms with van der Waals surface area (Å²) in [5.74, 6) is 0.313. The highest BCUT2D eigenvalue weighted by molar-refractivity contribution is 5.55. The molecule has 0 saturated heterocycles. The van der Waals surface area contributed by atoms with Gasteiger partial charge < -0.3 is 5.11 Å². The topological polar surface area (TPSA) is 33.1 Å². The van der Waals surface area contributed by atoms with Crippen molar-refractivity contribution >= 4 is 6.08 Å². The minimum Gasteiger partial charge on any atom is -0.508 e. The van der Waals surface area contributed by atoms with Crippen LogP contribution in [0, 0.1) is 6.92 Å². The number of phenolic OH excluding ortho intramolecular Hbond substituents is 1. The van der Waals surface area contributed by atoms with Crippen LogP contribution >= 0.6 is 0 Å². The van der Waals surface area contributed by atoms with Gasteiger partial charge in [-0.1, -0.05) is 29.8 Å². The molecule has 1 aromatic heterocycles. The van der Waals surface area contributed by atoms with E-state index in [-0.39, 0.29) is 0 Å². The van der Waals surface area contributed by atoms with Gasteiger partial charge in [-0.3, -0.25) is 4.98 Å². The fourth-order valence-electron chi connectivity index (χ4n) is 2.56. The second-order valence-electron chi connectivity index (χ2n) is 5.19. The van der Waals surface area contributed by atoms with Crippen LogP contribution in [0.3, 0.4) is 0 Å². The molecule has 0 unspecified atom stereocenters. The van der Waals surface area contributed by atoms with Gasteiger partial charge in [0.25, 0.3) is 0 Å². The summed E-state index contributed by atoms with van der Waals surface area (Å²) in [5.41, 5.74) is 6.40. The van der Waals surface area contributed by atoms with E-state index in [4.69, 9.17) is 0 Å². The van der Waals surface area contributed by atoms with Gasteiger partial charge in [-0.2, -0.15) is 0 Å². The zero-order valence-corrected chi connectivity index (χ0v) is 11.1. The number of aryl methyl sites for hydroxylation is 2. The van der Waals surface area contributed by atoms with Gasteiger partial charge in [0, 0.05) is 18.3 Å². The lowest BCUT2D eigenvalue weighted by molar-refractivity contribution is 0.475. The Labute approximate surface area is 113 Å². The number of hydrogen-bond donors (Lipinski definition) is 1. The lowest BCUT2D eigenvalue weighted by Gasteiger charge is -2.18. The molecule has 0 bridgehead atoms. The molecular weight excluding hydrogens is 234 g/mol. The molecule has 0 radical (unpaired) electrons. The second-order valence-corrected chi connectivity index (χ2v) is 5.19. The van der Waals surface area contributed by atoms with Crippen LogP contribution in [0.25, 0.3) is 6.08 Å². The third-order valence-electron chi connectivity index (χ3n) is 3.57. The molecule has 2 aromatic rings. The first kappa shape index (κ1) is 12.0. The van der Waals surface area contributed by atoms with Gasteiger partial charge in [-0.25, -0.2) is 0 Å². The molecule has 1 aliphatic carbocycles. The molecule has 1 aromatic carbocycles. The van der Waals surface area contributed by atoms with Gasteiger partial charge in [-0.05, 0) is 48.6 Å². The van der Waals surface area contributed by atoms with Crippen molar-refractivity contribution in [3.63, 3.8) is 0 Å². The summed E-state index contributed by atoms with van der Waals surface area (Å²) < 4.78 is 0. The number of allylic oxidation sites excluding steroid dienone is 1. The normalized spacial score (nSPS) is 16.4. The third-order valence-corrected chi connectivity index (χ3v) is 3.57. The predicted octanol–water partition coefficient (Wildman–Crippen LogP) is 3.67. The molecule has 0 atom stereocenters. The van der Waals surface area contributed by atoms with Crippen LogP contribution in [0.2, 0.25) is 0 Å². The zero-order valence-electron chi connectivity index (χ0n) is 11.1. The standard InChI is InChI=1S/C17H17NO/c1-12-8-15-5-2-14(10-17(15)18-11-12)9-13-3-6-16(19)7-4-13/h3-4,6-9,11,19H,2,5,10H2,1H3/b14-9+. The Morgan fingerprint density at radius 2 is 1.95 bits per heavy atom. The monoisotopic (exact) mass is 251 g/mol. The van der Waals surface area contributed by atoms with E-state index in [0.29, 0.717) is 5.75 Å². The van der Waals surface area contributed by atoms with E-state index in [1.807, 2.05) is 18.3 Å². The number of aromatic nitrogens is 1. The molecule has 1 N–H and O–H groups in total. The predicted molar refractivity (Wildman–Crippen MR) is 77.1 cm³/mol. The first-order chi connectivity index (χ1) is 9.20. The van der Waals surface area contributed by atoms with Crippen LogP contribution in [-0.2, 0) is 12.8 Å². The lowest BCUT2D eigenvalue weighted by Crippen LogP contribution is -2.08. The van der Waals surface area contributed by atoms with Crippen LogP contribution in [0.4, 0.5) is 0 Å². The minimum absolute atomic E-state index is 0.313. The molecule has 2 heteroatoms. The Hall–Kier alpha value is -2.09. The number of nitrogens with zero attached hydrogens (tertiary/aromatic N) is 1.